The van der Waals surface area contributed by atoms with Gasteiger partial charge in [0.1, 0.15) is 6.33 Å². The van der Waals surface area contributed by atoms with Crippen LogP contribution in [0.2, 0.25) is 0 Å². The largest absolute Gasteiger partial charge is 0.454 e. The number of aromatic nitrogens is 2. The molecule has 2 aromatic rings. The van der Waals surface area contributed by atoms with Gasteiger partial charge in [-0.15, -0.1) is 0 Å². The molecular formula is C21H26N6O5. The zero-order valence-corrected chi connectivity index (χ0v) is 17.7. The first kappa shape index (κ1) is 20.7. The number of nitrogens with zero attached hydrogens (tertiary/aromatic N) is 5. The van der Waals surface area contributed by atoms with Crippen molar-refractivity contribution in [2.75, 3.05) is 56.3 Å². The molecule has 0 saturated carbocycles. The quantitative estimate of drug-likeness (QED) is 0.504. The highest BCUT2D eigenvalue weighted by Crippen LogP contribution is 2.34. The van der Waals surface area contributed by atoms with E-state index in [-0.39, 0.29) is 24.4 Å². The fourth-order valence-electron chi connectivity index (χ4n) is 4.33. The van der Waals surface area contributed by atoms with Gasteiger partial charge in [0.25, 0.3) is 0 Å². The highest BCUT2D eigenvalue weighted by atomic mass is 16.7. The number of hydrogen-bond donors (Lipinski definition) is 1. The van der Waals surface area contributed by atoms with Gasteiger partial charge in [-0.3, -0.25) is 15.0 Å². The van der Waals surface area contributed by atoms with Crippen LogP contribution in [-0.4, -0.2) is 72.0 Å². The molecule has 1 N–H and O–H groups in total. The summed E-state index contributed by atoms with van der Waals surface area (Å²) in [5, 5.41) is 15.0. The van der Waals surface area contributed by atoms with Gasteiger partial charge >= 0.3 is 5.69 Å². The Balaban J connectivity index is 1.23. The maximum atomic E-state index is 11.9. The molecule has 1 aromatic heterocycles. The van der Waals surface area contributed by atoms with E-state index in [0.717, 1.165) is 56.1 Å². The molecule has 3 aliphatic heterocycles. The van der Waals surface area contributed by atoms with Crippen LogP contribution in [0.1, 0.15) is 18.4 Å². The standard InChI is InChI=1S/C21H26N6O5/c28-27(29)19-20(22-11-16-2-1-9-30-16)23-13-24-21(19)26-7-5-25(6-8-26)12-15-3-4-17-18(10-15)32-14-31-17/h3-4,10,13,16H,1-2,5-9,11-12,14H2,(H,22,23,24). The number of ether oxygens (including phenoxy) is 3. The fraction of sp³-hybridized carbons (Fsp3) is 0.524. The molecule has 170 valence electrons. The van der Waals surface area contributed by atoms with Gasteiger partial charge in [-0.05, 0) is 30.5 Å². The number of nitro groups is 1. The number of fused-ring (bicyclic) bond motifs is 1. The summed E-state index contributed by atoms with van der Waals surface area (Å²) in [5.74, 6) is 2.17. The van der Waals surface area contributed by atoms with Crippen molar-refractivity contribution in [2.24, 2.45) is 0 Å². The minimum atomic E-state index is -0.397. The minimum absolute atomic E-state index is 0.0627. The van der Waals surface area contributed by atoms with Crippen LogP contribution in [0.5, 0.6) is 11.5 Å². The third kappa shape index (κ3) is 4.39. The van der Waals surface area contributed by atoms with Crippen LogP contribution >= 0.6 is 0 Å². The molecular weight excluding hydrogens is 416 g/mol. The molecule has 1 unspecified atom stereocenters. The van der Waals surface area contributed by atoms with E-state index in [1.165, 1.54) is 6.33 Å². The molecule has 11 heteroatoms. The lowest BCUT2D eigenvalue weighted by Crippen LogP contribution is -2.46. The first-order valence-electron chi connectivity index (χ1n) is 10.9. The lowest BCUT2D eigenvalue weighted by Gasteiger charge is -2.35. The SMILES string of the molecule is O=[N+]([O-])c1c(NCC2CCCO2)ncnc1N1CCN(Cc2ccc3c(c2)OCO3)CC1. The van der Waals surface area contributed by atoms with Gasteiger partial charge in [0.2, 0.25) is 18.4 Å². The van der Waals surface area contributed by atoms with Crippen molar-refractivity contribution in [1.29, 1.82) is 0 Å². The molecule has 3 aliphatic rings. The highest BCUT2D eigenvalue weighted by molar-refractivity contribution is 5.70. The second kappa shape index (κ2) is 9.13. The fourth-order valence-corrected chi connectivity index (χ4v) is 4.33. The molecule has 1 aromatic carbocycles. The number of benzene rings is 1. The van der Waals surface area contributed by atoms with Crippen molar-refractivity contribution >= 4 is 17.3 Å². The maximum absolute atomic E-state index is 11.9. The first-order valence-corrected chi connectivity index (χ1v) is 10.9. The molecule has 0 bridgehead atoms. The van der Waals surface area contributed by atoms with E-state index >= 15 is 0 Å². The Morgan fingerprint density at radius 2 is 2.00 bits per heavy atom. The van der Waals surface area contributed by atoms with E-state index in [0.29, 0.717) is 25.5 Å². The molecule has 0 spiro atoms. The van der Waals surface area contributed by atoms with Crippen molar-refractivity contribution in [1.82, 2.24) is 14.9 Å². The van der Waals surface area contributed by atoms with Crippen LogP contribution in [-0.2, 0) is 11.3 Å². The van der Waals surface area contributed by atoms with Crippen molar-refractivity contribution < 1.29 is 19.1 Å². The average Bonchev–Trinajstić information content (AvgIpc) is 3.49. The molecule has 11 nitrogen and oxygen atoms in total. The molecule has 4 heterocycles. The zero-order chi connectivity index (χ0) is 21.9. The molecule has 2 fully saturated rings. The lowest BCUT2D eigenvalue weighted by molar-refractivity contribution is -0.383. The Kier molecular flexibility index (Phi) is 5.91. The van der Waals surface area contributed by atoms with Gasteiger partial charge in [0.15, 0.2) is 11.5 Å². The summed E-state index contributed by atoms with van der Waals surface area (Å²) in [6.07, 6.45) is 3.41. The van der Waals surface area contributed by atoms with Gasteiger partial charge in [0, 0.05) is 45.9 Å². The highest BCUT2D eigenvalue weighted by Gasteiger charge is 2.30. The number of piperazine rings is 1. The Morgan fingerprint density at radius 3 is 2.78 bits per heavy atom. The van der Waals surface area contributed by atoms with E-state index in [4.69, 9.17) is 14.2 Å². The van der Waals surface area contributed by atoms with E-state index in [2.05, 4.69) is 20.2 Å². The van der Waals surface area contributed by atoms with Crippen LogP contribution in [0.4, 0.5) is 17.3 Å². The summed E-state index contributed by atoms with van der Waals surface area (Å²) in [4.78, 5) is 24.2. The lowest BCUT2D eigenvalue weighted by atomic mass is 10.1. The second-order valence-corrected chi connectivity index (χ2v) is 8.12. The third-order valence-electron chi connectivity index (χ3n) is 6.02. The molecule has 0 aliphatic carbocycles. The Labute approximate surface area is 185 Å². The van der Waals surface area contributed by atoms with Gasteiger partial charge in [-0.25, -0.2) is 9.97 Å². The van der Waals surface area contributed by atoms with Crippen LogP contribution in [0, 0.1) is 10.1 Å². The molecule has 5 rings (SSSR count). The third-order valence-corrected chi connectivity index (χ3v) is 6.02. The second-order valence-electron chi connectivity index (χ2n) is 8.12. The normalized spacial score (nSPS) is 20.5. The van der Waals surface area contributed by atoms with Gasteiger partial charge in [-0.2, -0.15) is 0 Å². The van der Waals surface area contributed by atoms with Crippen molar-refractivity contribution in [3.63, 3.8) is 0 Å². The zero-order valence-electron chi connectivity index (χ0n) is 17.7. The van der Waals surface area contributed by atoms with Crippen LogP contribution in [0.15, 0.2) is 24.5 Å². The minimum Gasteiger partial charge on any atom is -0.454 e. The number of rotatable bonds is 7. The maximum Gasteiger partial charge on any atom is 0.353 e. The van der Waals surface area contributed by atoms with Gasteiger partial charge in [-0.1, -0.05) is 6.07 Å². The van der Waals surface area contributed by atoms with E-state index < -0.39 is 4.92 Å². The molecule has 32 heavy (non-hydrogen) atoms. The summed E-state index contributed by atoms with van der Waals surface area (Å²) in [5.41, 5.74) is 1.08. The molecule has 0 amide bonds. The summed E-state index contributed by atoms with van der Waals surface area (Å²) in [6.45, 7) is 5.12. The summed E-state index contributed by atoms with van der Waals surface area (Å²) >= 11 is 0. The predicted molar refractivity (Wildman–Crippen MR) is 116 cm³/mol. The van der Waals surface area contributed by atoms with Crippen LogP contribution in [0.25, 0.3) is 0 Å². The number of hydrogen-bond acceptors (Lipinski definition) is 10. The Morgan fingerprint density at radius 1 is 1.16 bits per heavy atom. The van der Waals surface area contributed by atoms with E-state index in [9.17, 15) is 10.1 Å². The topological polar surface area (TPSA) is 115 Å². The first-order chi connectivity index (χ1) is 15.7. The molecule has 0 radical (unpaired) electrons. The summed E-state index contributed by atoms with van der Waals surface area (Å²) < 4.78 is 16.4. The smallest absolute Gasteiger partial charge is 0.353 e. The molecule has 2 saturated heterocycles. The van der Waals surface area contributed by atoms with Gasteiger partial charge < -0.3 is 24.4 Å². The van der Waals surface area contributed by atoms with Crippen LogP contribution < -0.4 is 19.7 Å². The van der Waals surface area contributed by atoms with Crippen LogP contribution in [0.3, 0.4) is 0 Å². The Bertz CT molecular complexity index is 975. The van der Waals surface area contributed by atoms with Crippen molar-refractivity contribution in [3.05, 3.63) is 40.2 Å². The average molecular weight is 442 g/mol. The Hall–Kier alpha value is -3.18. The summed E-state index contributed by atoms with van der Waals surface area (Å²) in [7, 11) is 0. The van der Waals surface area contributed by atoms with E-state index in [1.807, 2.05) is 23.1 Å². The monoisotopic (exact) mass is 442 g/mol. The predicted octanol–water partition coefficient (Wildman–Crippen LogP) is 2.03. The summed E-state index contributed by atoms with van der Waals surface area (Å²) in [6, 6.07) is 5.99. The number of anilines is 2. The molecule has 1 atom stereocenters. The van der Waals surface area contributed by atoms with Gasteiger partial charge in [0.05, 0.1) is 11.0 Å². The van der Waals surface area contributed by atoms with E-state index in [1.54, 1.807) is 0 Å². The van der Waals surface area contributed by atoms with Crippen molar-refractivity contribution in [2.45, 2.75) is 25.5 Å². The number of nitrogens with one attached hydrogen (secondary N) is 1. The van der Waals surface area contributed by atoms with Crippen molar-refractivity contribution in [3.8, 4) is 11.5 Å².